The summed E-state index contributed by atoms with van der Waals surface area (Å²) < 4.78 is 0. The fraction of sp³-hybridized carbons (Fsp3) is 0.200. The maximum atomic E-state index is 11.4. The summed E-state index contributed by atoms with van der Waals surface area (Å²) in [5.41, 5.74) is 1.92. The monoisotopic (exact) mass is 161 g/mol. The van der Waals surface area contributed by atoms with E-state index in [1.165, 1.54) is 0 Å². The molecule has 1 aromatic rings. The first-order valence-electron chi connectivity index (χ1n) is 3.74. The molecule has 0 atom stereocenters. The normalized spacial score (nSPS) is 9.50. The van der Waals surface area contributed by atoms with E-state index in [4.69, 9.17) is 0 Å². The number of allylic oxidation sites excluding steroid dienone is 1. The van der Waals surface area contributed by atoms with Crippen molar-refractivity contribution < 1.29 is 4.79 Å². The van der Waals surface area contributed by atoms with Gasteiger partial charge in [-0.2, -0.15) is 0 Å². The van der Waals surface area contributed by atoms with E-state index in [2.05, 4.69) is 11.6 Å². The SMILES string of the molecule is C=C(C)C(=O)c1ncccc1C. The topological polar surface area (TPSA) is 30.0 Å². The molecule has 0 N–H and O–H groups in total. The maximum absolute atomic E-state index is 11.4. The predicted molar refractivity (Wildman–Crippen MR) is 48.1 cm³/mol. The van der Waals surface area contributed by atoms with E-state index in [1.807, 2.05) is 19.1 Å². The van der Waals surface area contributed by atoms with Crippen molar-refractivity contribution in [3.63, 3.8) is 0 Å². The van der Waals surface area contributed by atoms with Crippen LogP contribution in [-0.4, -0.2) is 10.8 Å². The van der Waals surface area contributed by atoms with E-state index in [0.717, 1.165) is 5.56 Å². The molecule has 62 valence electrons. The van der Waals surface area contributed by atoms with Gasteiger partial charge in [0.1, 0.15) is 5.69 Å². The van der Waals surface area contributed by atoms with Crippen molar-refractivity contribution in [2.45, 2.75) is 13.8 Å². The maximum Gasteiger partial charge on any atom is 0.206 e. The summed E-state index contributed by atoms with van der Waals surface area (Å²) in [5, 5.41) is 0. The van der Waals surface area contributed by atoms with Gasteiger partial charge in [-0.3, -0.25) is 9.78 Å². The van der Waals surface area contributed by atoms with Gasteiger partial charge in [-0.25, -0.2) is 0 Å². The average molecular weight is 161 g/mol. The van der Waals surface area contributed by atoms with Gasteiger partial charge in [-0.15, -0.1) is 0 Å². The third kappa shape index (κ3) is 1.59. The van der Waals surface area contributed by atoms with Gasteiger partial charge in [0.2, 0.25) is 5.78 Å². The second kappa shape index (κ2) is 3.30. The molecule has 1 rings (SSSR count). The summed E-state index contributed by atoms with van der Waals surface area (Å²) in [6.45, 7) is 7.14. The van der Waals surface area contributed by atoms with Gasteiger partial charge in [-0.1, -0.05) is 12.6 Å². The Hall–Kier alpha value is -1.44. The Balaban J connectivity index is 3.11. The number of hydrogen-bond donors (Lipinski definition) is 0. The van der Waals surface area contributed by atoms with Crippen LogP contribution in [0.15, 0.2) is 30.5 Å². The molecule has 0 bridgehead atoms. The first kappa shape index (κ1) is 8.65. The van der Waals surface area contributed by atoms with Crippen LogP contribution >= 0.6 is 0 Å². The van der Waals surface area contributed by atoms with Gasteiger partial charge in [0.15, 0.2) is 0 Å². The van der Waals surface area contributed by atoms with Gasteiger partial charge >= 0.3 is 0 Å². The molecule has 0 spiro atoms. The molecule has 0 aliphatic rings. The molecular weight excluding hydrogens is 150 g/mol. The third-order valence-corrected chi connectivity index (χ3v) is 1.61. The first-order chi connectivity index (χ1) is 5.63. The number of pyridine rings is 1. The lowest BCUT2D eigenvalue weighted by atomic mass is 10.1. The Labute approximate surface area is 71.9 Å². The van der Waals surface area contributed by atoms with Gasteiger partial charge in [0.25, 0.3) is 0 Å². The van der Waals surface area contributed by atoms with E-state index < -0.39 is 0 Å². The minimum absolute atomic E-state index is 0.0758. The summed E-state index contributed by atoms with van der Waals surface area (Å²) in [6, 6.07) is 3.67. The number of carbonyl (C=O) groups is 1. The molecule has 2 heteroatoms. The van der Waals surface area contributed by atoms with Crippen LogP contribution < -0.4 is 0 Å². The third-order valence-electron chi connectivity index (χ3n) is 1.61. The van der Waals surface area contributed by atoms with E-state index in [1.54, 1.807) is 13.1 Å². The Kier molecular flexibility index (Phi) is 2.38. The van der Waals surface area contributed by atoms with Crippen molar-refractivity contribution in [1.82, 2.24) is 4.98 Å². The van der Waals surface area contributed by atoms with Gasteiger partial charge in [-0.05, 0) is 31.1 Å². The molecule has 1 heterocycles. The van der Waals surface area contributed by atoms with E-state index in [9.17, 15) is 4.79 Å². The Bertz CT molecular complexity index is 328. The molecule has 12 heavy (non-hydrogen) atoms. The summed E-state index contributed by atoms with van der Waals surface area (Å²) in [6.07, 6.45) is 1.61. The highest BCUT2D eigenvalue weighted by Gasteiger charge is 2.09. The van der Waals surface area contributed by atoms with Gasteiger partial charge in [0, 0.05) is 6.20 Å². The van der Waals surface area contributed by atoms with Crippen molar-refractivity contribution >= 4 is 5.78 Å². The Morgan fingerprint density at radius 2 is 2.25 bits per heavy atom. The lowest BCUT2D eigenvalue weighted by molar-refractivity contribution is 0.103. The molecule has 0 aromatic carbocycles. The molecule has 0 fully saturated rings. The quantitative estimate of drug-likeness (QED) is 0.491. The Morgan fingerprint density at radius 1 is 1.58 bits per heavy atom. The van der Waals surface area contributed by atoms with Crippen LogP contribution in [0.25, 0.3) is 0 Å². The van der Waals surface area contributed by atoms with Crippen LogP contribution in [0.5, 0.6) is 0 Å². The second-order valence-electron chi connectivity index (χ2n) is 2.78. The van der Waals surface area contributed by atoms with Crippen molar-refractivity contribution in [2.75, 3.05) is 0 Å². The van der Waals surface area contributed by atoms with Gasteiger partial charge < -0.3 is 0 Å². The zero-order chi connectivity index (χ0) is 9.14. The minimum atomic E-state index is -0.0758. The summed E-state index contributed by atoms with van der Waals surface area (Å²) in [4.78, 5) is 15.4. The number of aromatic nitrogens is 1. The molecule has 0 unspecified atom stereocenters. The number of Topliss-reactive ketones (excluding diaryl/α,β-unsaturated/α-hetero) is 1. The molecular formula is C10H11NO. The summed E-state index contributed by atoms with van der Waals surface area (Å²) >= 11 is 0. The zero-order valence-electron chi connectivity index (χ0n) is 7.29. The van der Waals surface area contributed by atoms with Crippen molar-refractivity contribution in [3.8, 4) is 0 Å². The van der Waals surface area contributed by atoms with Crippen LogP contribution in [0.3, 0.4) is 0 Å². The van der Waals surface area contributed by atoms with Crippen LogP contribution in [0.4, 0.5) is 0 Å². The second-order valence-corrected chi connectivity index (χ2v) is 2.78. The van der Waals surface area contributed by atoms with Crippen LogP contribution in [0.2, 0.25) is 0 Å². The minimum Gasteiger partial charge on any atom is -0.287 e. The summed E-state index contributed by atoms with van der Waals surface area (Å²) in [5.74, 6) is -0.0758. The average Bonchev–Trinajstić information content (AvgIpc) is 2.04. The van der Waals surface area contributed by atoms with E-state index in [0.29, 0.717) is 11.3 Å². The summed E-state index contributed by atoms with van der Waals surface area (Å²) in [7, 11) is 0. The van der Waals surface area contributed by atoms with E-state index in [-0.39, 0.29) is 5.78 Å². The van der Waals surface area contributed by atoms with Crippen LogP contribution in [0.1, 0.15) is 23.0 Å². The number of rotatable bonds is 2. The van der Waals surface area contributed by atoms with Crippen LogP contribution in [0, 0.1) is 6.92 Å². The van der Waals surface area contributed by atoms with Crippen molar-refractivity contribution in [1.29, 1.82) is 0 Å². The molecule has 0 saturated carbocycles. The largest absolute Gasteiger partial charge is 0.287 e. The number of aryl methyl sites for hydroxylation is 1. The number of ketones is 1. The molecule has 0 saturated heterocycles. The van der Waals surface area contributed by atoms with Gasteiger partial charge in [0.05, 0.1) is 0 Å². The smallest absolute Gasteiger partial charge is 0.206 e. The van der Waals surface area contributed by atoms with Crippen LogP contribution in [-0.2, 0) is 0 Å². The number of nitrogens with zero attached hydrogens (tertiary/aromatic N) is 1. The molecule has 1 aromatic heterocycles. The highest BCUT2D eigenvalue weighted by molar-refractivity contribution is 6.07. The first-order valence-corrected chi connectivity index (χ1v) is 3.74. The van der Waals surface area contributed by atoms with Crippen molar-refractivity contribution in [3.05, 3.63) is 41.7 Å². The molecule has 2 nitrogen and oxygen atoms in total. The van der Waals surface area contributed by atoms with E-state index >= 15 is 0 Å². The molecule has 0 amide bonds. The standard InChI is InChI=1S/C10H11NO/c1-7(2)10(12)9-8(3)5-4-6-11-9/h4-6H,1H2,2-3H3. The number of carbonyl (C=O) groups excluding carboxylic acids is 1. The van der Waals surface area contributed by atoms with Crippen molar-refractivity contribution in [2.24, 2.45) is 0 Å². The lowest BCUT2D eigenvalue weighted by Crippen LogP contribution is -2.04. The number of hydrogen-bond acceptors (Lipinski definition) is 2. The highest BCUT2D eigenvalue weighted by atomic mass is 16.1. The predicted octanol–water partition coefficient (Wildman–Crippen LogP) is 2.15. The zero-order valence-corrected chi connectivity index (χ0v) is 7.29. The lowest BCUT2D eigenvalue weighted by Gasteiger charge is -2.01. The highest BCUT2D eigenvalue weighted by Crippen LogP contribution is 2.07. The Morgan fingerprint density at radius 3 is 2.75 bits per heavy atom. The fourth-order valence-electron chi connectivity index (χ4n) is 0.926. The molecule has 0 aliphatic carbocycles. The molecule has 0 aliphatic heterocycles. The molecule has 0 radical (unpaired) electrons. The fourth-order valence-corrected chi connectivity index (χ4v) is 0.926.